The van der Waals surface area contributed by atoms with Gasteiger partial charge in [-0.2, -0.15) is 4.98 Å². The molecule has 1 heterocycles. The van der Waals surface area contributed by atoms with Gasteiger partial charge in [-0.3, -0.25) is 9.79 Å². The number of hydrogen-bond acceptors (Lipinski definition) is 5. The lowest BCUT2D eigenvalue weighted by molar-refractivity contribution is 0.414. The van der Waals surface area contributed by atoms with Crippen LogP contribution in [0.2, 0.25) is 0 Å². The normalized spacial score (nSPS) is 10.7. The molecule has 156 valence electrons. The summed E-state index contributed by atoms with van der Waals surface area (Å²) in [7, 11) is 1.55. The van der Waals surface area contributed by atoms with E-state index in [1.54, 1.807) is 25.3 Å². The molecule has 3 aromatic rings. The van der Waals surface area contributed by atoms with Gasteiger partial charge in [-0.15, -0.1) is 0 Å². The molecule has 0 fully saturated rings. The van der Waals surface area contributed by atoms with Crippen LogP contribution in [0.25, 0.3) is 0 Å². The molecule has 9 heteroatoms. The number of nitrogens with one attached hydrogen (secondary N) is 1. The average Bonchev–Trinajstić information content (AvgIpc) is 2.71. The standard InChI is InChI=1S/C21H19F3N4O2/c1-12-6-15(30-3)4-5-18(12)26-21-27-20(29)14(9-25-2)11-28(21)10-13-7-16(22)19(24)17(23)8-13/h4-8,11H,2,9-10H2,1,3H3,(H,26,27,29). The zero-order valence-electron chi connectivity index (χ0n) is 16.4. The highest BCUT2D eigenvalue weighted by Crippen LogP contribution is 2.24. The first-order chi connectivity index (χ1) is 14.3. The summed E-state index contributed by atoms with van der Waals surface area (Å²) in [6.45, 7) is 5.17. The van der Waals surface area contributed by atoms with Gasteiger partial charge < -0.3 is 14.6 Å². The number of methoxy groups -OCH3 is 1. The maximum absolute atomic E-state index is 13.6. The van der Waals surface area contributed by atoms with Gasteiger partial charge >= 0.3 is 0 Å². The van der Waals surface area contributed by atoms with Crippen LogP contribution in [0.1, 0.15) is 16.7 Å². The van der Waals surface area contributed by atoms with Crippen LogP contribution >= 0.6 is 0 Å². The number of hydrogen-bond donors (Lipinski definition) is 1. The van der Waals surface area contributed by atoms with Gasteiger partial charge in [-0.05, 0) is 55.1 Å². The third-order valence-corrected chi connectivity index (χ3v) is 4.42. The molecule has 0 unspecified atom stereocenters. The molecule has 30 heavy (non-hydrogen) atoms. The molecule has 0 aliphatic rings. The predicted molar refractivity (Wildman–Crippen MR) is 108 cm³/mol. The minimum Gasteiger partial charge on any atom is -0.497 e. The van der Waals surface area contributed by atoms with Crippen molar-refractivity contribution in [1.82, 2.24) is 9.55 Å². The van der Waals surface area contributed by atoms with E-state index < -0.39 is 23.0 Å². The third-order valence-electron chi connectivity index (χ3n) is 4.42. The van der Waals surface area contributed by atoms with Gasteiger partial charge in [-0.25, -0.2) is 13.2 Å². The number of anilines is 2. The molecule has 0 saturated heterocycles. The number of nitrogens with zero attached hydrogens (tertiary/aromatic N) is 3. The average molecular weight is 416 g/mol. The Hall–Kier alpha value is -3.62. The van der Waals surface area contributed by atoms with Crippen LogP contribution in [-0.2, 0) is 13.1 Å². The molecule has 6 nitrogen and oxygen atoms in total. The van der Waals surface area contributed by atoms with Crippen molar-refractivity contribution in [2.75, 3.05) is 12.4 Å². The van der Waals surface area contributed by atoms with Crippen LogP contribution in [0, 0.1) is 24.4 Å². The minimum atomic E-state index is -1.54. The van der Waals surface area contributed by atoms with E-state index in [1.807, 2.05) is 6.92 Å². The second-order valence-corrected chi connectivity index (χ2v) is 6.58. The number of halogens is 3. The summed E-state index contributed by atoms with van der Waals surface area (Å²) >= 11 is 0. The summed E-state index contributed by atoms with van der Waals surface area (Å²) in [4.78, 5) is 20.1. The second-order valence-electron chi connectivity index (χ2n) is 6.58. The summed E-state index contributed by atoms with van der Waals surface area (Å²) < 4.78 is 47.2. The van der Waals surface area contributed by atoms with Gasteiger partial charge in [0.05, 0.1) is 25.8 Å². The summed E-state index contributed by atoms with van der Waals surface area (Å²) in [5.74, 6) is -3.33. The lowest BCUT2D eigenvalue weighted by atomic mass is 10.2. The van der Waals surface area contributed by atoms with Crippen LogP contribution in [0.4, 0.5) is 24.8 Å². The highest BCUT2D eigenvalue weighted by Gasteiger charge is 2.14. The largest absolute Gasteiger partial charge is 0.497 e. The van der Waals surface area contributed by atoms with Crippen molar-refractivity contribution in [1.29, 1.82) is 0 Å². The lowest BCUT2D eigenvalue weighted by Crippen LogP contribution is -2.21. The molecule has 0 atom stereocenters. The fourth-order valence-corrected chi connectivity index (χ4v) is 2.91. The van der Waals surface area contributed by atoms with Crippen molar-refractivity contribution in [2.45, 2.75) is 20.0 Å². The van der Waals surface area contributed by atoms with Crippen LogP contribution in [0.15, 0.2) is 46.3 Å². The molecule has 0 saturated carbocycles. The summed E-state index contributed by atoms with van der Waals surface area (Å²) in [5, 5.41) is 3.05. The molecule has 1 aromatic heterocycles. The van der Waals surface area contributed by atoms with E-state index in [-0.39, 0.29) is 30.2 Å². The van der Waals surface area contributed by atoms with Gasteiger partial charge in [0, 0.05) is 11.9 Å². The van der Waals surface area contributed by atoms with Crippen molar-refractivity contribution < 1.29 is 17.9 Å². The van der Waals surface area contributed by atoms with E-state index in [1.165, 1.54) is 10.8 Å². The summed E-state index contributed by atoms with van der Waals surface area (Å²) in [6.07, 6.45) is 1.48. The number of ether oxygens (including phenoxy) is 1. The topological polar surface area (TPSA) is 68.5 Å². The molecular weight excluding hydrogens is 397 g/mol. The van der Waals surface area contributed by atoms with Crippen LogP contribution in [-0.4, -0.2) is 23.4 Å². The van der Waals surface area contributed by atoms with E-state index in [9.17, 15) is 18.0 Å². The number of rotatable bonds is 7. The smallest absolute Gasteiger partial charge is 0.279 e. The Balaban J connectivity index is 2.05. The lowest BCUT2D eigenvalue weighted by Gasteiger charge is -2.17. The SMILES string of the molecule is C=NCc1cn(Cc2cc(F)c(F)c(F)c2)c(Nc2ccc(OC)cc2C)nc1=O. The van der Waals surface area contributed by atoms with Crippen LogP contribution < -0.4 is 15.6 Å². The van der Waals surface area contributed by atoms with E-state index in [0.717, 1.165) is 17.7 Å². The first-order valence-electron chi connectivity index (χ1n) is 8.90. The number of aliphatic imine (C=N–C) groups is 1. The molecule has 1 N–H and O–H groups in total. The Morgan fingerprint density at radius 1 is 1.20 bits per heavy atom. The van der Waals surface area contributed by atoms with E-state index in [4.69, 9.17) is 4.74 Å². The highest BCUT2D eigenvalue weighted by molar-refractivity contribution is 5.60. The van der Waals surface area contributed by atoms with Crippen LogP contribution in [0.5, 0.6) is 5.75 Å². The Morgan fingerprint density at radius 3 is 2.50 bits per heavy atom. The Bertz CT molecular complexity index is 1140. The maximum Gasteiger partial charge on any atom is 0.279 e. The van der Waals surface area contributed by atoms with Gasteiger partial charge in [0.1, 0.15) is 5.75 Å². The molecule has 3 rings (SSSR count). The summed E-state index contributed by atoms with van der Waals surface area (Å²) in [6, 6.07) is 7.07. The second kappa shape index (κ2) is 8.81. The highest BCUT2D eigenvalue weighted by atomic mass is 19.2. The minimum absolute atomic E-state index is 0.0276. The Kier molecular flexibility index (Phi) is 6.20. The van der Waals surface area contributed by atoms with E-state index >= 15 is 0 Å². The summed E-state index contributed by atoms with van der Waals surface area (Å²) in [5.41, 5.74) is 1.38. The zero-order valence-corrected chi connectivity index (χ0v) is 16.4. The Morgan fingerprint density at radius 2 is 1.90 bits per heavy atom. The predicted octanol–water partition coefficient (Wildman–Crippen LogP) is 3.97. The molecule has 0 aliphatic heterocycles. The monoisotopic (exact) mass is 416 g/mol. The fourth-order valence-electron chi connectivity index (χ4n) is 2.91. The van der Waals surface area contributed by atoms with Gasteiger partial charge in [-0.1, -0.05) is 0 Å². The molecule has 0 bridgehead atoms. The molecule has 0 spiro atoms. The Labute approximate surface area is 170 Å². The fraction of sp³-hybridized carbons (Fsp3) is 0.190. The van der Waals surface area contributed by atoms with Crippen LogP contribution in [0.3, 0.4) is 0 Å². The molecule has 0 amide bonds. The molecular formula is C21H19F3N4O2. The number of benzene rings is 2. The first kappa shape index (κ1) is 21.1. The van der Waals surface area contributed by atoms with E-state index in [2.05, 4.69) is 22.0 Å². The number of aryl methyl sites for hydroxylation is 1. The maximum atomic E-state index is 13.6. The van der Waals surface area contributed by atoms with Crippen molar-refractivity contribution in [3.63, 3.8) is 0 Å². The van der Waals surface area contributed by atoms with Gasteiger partial charge in [0.25, 0.3) is 5.56 Å². The third kappa shape index (κ3) is 4.51. The molecule has 2 aromatic carbocycles. The first-order valence-corrected chi connectivity index (χ1v) is 8.90. The zero-order chi connectivity index (χ0) is 21.8. The van der Waals surface area contributed by atoms with Crippen molar-refractivity contribution >= 4 is 18.4 Å². The molecule has 0 aliphatic carbocycles. The quantitative estimate of drug-likeness (QED) is 0.468. The van der Waals surface area contributed by atoms with Gasteiger partial charge in [0.2, 0.25) is 5.95 Å². The van der Waals surface area contributed by atoms with Crippen molar-refractivity contribution in [3.05, 3.63) is 81.0 Å². The van der Waals surface area contributed by atoms with Gasteiger partial charge in [0.15, 0.2) is 17.5 Å². The van der Waals surface area contributed by atoms with E-state index in [0.29, 0.717) is 11.4 Å². The molecule has 0 radical (unpaired) electrons. The van der Waals surface area contributed by atoms with Crippen molar-refractivity contribution in [3.8, 4) is 5.75 Å². The van der Waals surface area contributed by atoms with Crippen molar-refractivity contribution in [2.24, 2.45) is 4.99 Å². The number of aromatic nitrogens is 2.